The van der Waals surface area contributed by atoms with Gasteiger partial charge in [-0.3, -0.25) is 0 Å². The SMILES string of the molecule is CC(C)(C)OC(=O)[C@H](O)C(O)CN. The zero-order valence-corrected chi connectivity index (χ0v) is 8.15. The number of aliphatic hydroxyl groups is 2. The Morgan fingerprint density at radius 1 is 1.46 bits per heavy atom. The second kappa shape index (κ2) is 4.55. The first kappa shape index (κ1) is 12.3. The summed E-state index contributed by atoms with van der Waals surface area (Å²) < 4.78 is 4.82. The Bertz CT molecular complexity index is 175. The fourth-order valence-electron chi connectivity index (χ4n) is 0.648. The summed E-state index contributed by atoms with van der Waals surface area (Å²) >= 11 is 0. The molecular weight excluding hydrogens is 174 g/mol. The van der Waals surface area contributed by atoms with Gasteiger partial charge in [-0.25, -0.2) is 4.79 Å². The molecule has 0 rings (SSSR count). The molecule has 0 saturated carbocycles. The smallest absolute Gasteiger partial charge is 0.338 e. The van der Waals surface area contributed by atoms with E-state index in [0.717, 1.165) is 0 Å². The number of carbonyl (C=O) groups is 1. The van der Waals surface area contributed by atoms with Crippen LogP contribution in [0.1, 0.15) is 20.8 Å². The highest BCUT2D eigenvalue weighted by Crippen LogP contribution is 2.09. The van der Waals surface area contributed by atoms with Crippen molar-refractivity contribution in [1.82, 2.24) is 0 Å². The predicted octanol–water partition coefficient (Wildman–Crippen LogP) is -0.991. The quantitative estimate of drug-likeness (QED) is 0.498. The van der Waals surface area contributed by atoms with E-state index in [2.05, 4.69) is 0 Å². The third-order valence-electron chi connectivity index (χ3n) is 1.25. The van der Waals surface area contributed by atoms with Gasteiger partial charge in [-0.05, 0) is 20.8 Å². The molecule has 13 heavy (non-hydrogen) atoms. The molecule has 78 valence electrons. The van der Waals surface area contributed by atoms with Crippen molar-refractivity contribution in [3.8, 4) is 0 Å². The van der Waals surface area contributed by atoms with Crippen LogP contribution in [0.15, 0.2) is 0 Å². The molecule has 0 aliphatic heterocycles. The van der Waals surface area contributed by atoms with Gasteiger partial charge in [-0.2, -0.15) is 0 Å². The summed E-state index contributed by atoms with van der Waals surface area (Å²) in [5.74, 6) is -0.856. The molecule has 0 saturated heterocycles. The summed E-state index contributed by atoms with van der Waals surface area (Å²) in [6.45, 7) is 4.84. The van der Waals surface area contributed by atoms with Crippen molar-refractivity contribution in [2.75, 3.05) is 6.54 Å². The largest absolute Gasteiger partial charge is 0.458 e. The van der Waals surface area contributed by atoms with E-state index in [0.29, 0.717) is 0 Å². The monoisotopic (exact) mass is 191 g/mol. The summed E-state index contributed by atoms with van der Waals surface area (Å²) in [5.41, 5.74) is 4.38. The molecule has 0 aromatic heterocycles. The fraction of sp³-hybridized carbons (Fsp3) is 0.875. The number of aliphatic hydroxyl groups excluding tert-OH is 2. The predicted molar refractivity (Wildman–Crippen MR) is 46.9 cm³/mol. The highest BCUT2D eigenvalue weighted by Gasteiger charge is 2.28. The van der Waals surface area contributed by atoms with Gasteiger partial charge in [0.2, 0.25) is 0 Å². The van der Waals surface area contributed by atoms with Crippen molar-refractivity contribution in [2.24, 2.45) is 5.73 Å². The minimum Gasteiger partial charge on any atom is -0.458 e. The van der Waals surface area contributed by atoms with E-state index in [9.17, 15) is 4.79 Å². The van der Waals surface area contributed by atoms with Gasteiger partial charge >= 0.3 is 5.97 Å². The van der Waals surface area contributed by atoms with Gasteiger partial charge in [-0.1, -0.05) is 0 Å². The van der Waals surface area contributed by atoms with Crippen LogP contribution in [0.4, 0.5) is 0 Å². The second-order valence-corrected chi connectivity index (χ2v) is 3.78. The molecule has 0 aromatic rings. The molecular formula is C8H17NO4. The Labute approximate surface area is 77.5 Å². The normalized spacial score (nSPS) is 16.5. The Balaban J connectivity index is 4.12. The van der Waals surface area contributed by atoms with E-state index in [1.54, 1.807) is 20.8 Å². The number of hydrogen-bond acceptors (Lipinski definition) is 5. The number of ether oxygens (including phenoxy) is 1. The van der Waals surface area contributed by atoms with Crippen LogP contribution in [0.5, 0.6) is 0 Å². The van der Waals surface area contributed by atoms with E-state index in [1.807, 2.05) is 0 Å². The summed E-state index contributed by atoms with van der Waals surface area (Å²) in [6.07, 6.45) is -2.83. The van der Waals surface area contributed by atoms with Crippen molar-refractivity contribution in [3.05, 3.63) is 0 Å². The molecule has 0 spiro atoms. The van der Waals surface area contributed by atoms with Crippen molar-refractivity contribution in [2.45, 2.75) is 38.6 Å². The zero-order chi connectivity index (χ0) is 10.6. The van der Waals surface area contributed by atoms with E-state index < -0.39 is 23.8 Å². The van der Waals surface area contributed by atoms with Gasteiger partial charge < -0.3 is 20.7 Å². The zero-order valence-electron chi connectivity index (χ0n) is 8.15. The van der Waals surface area contributed by atoms with Crippen LogP contribution in [0.25, 0.3) is 0 Å². The van der Waals surface area contributed by atoms with Crippen molar-refractivity contribution in [1.29, 1.82) is 0 Å². The standard InChI is InChI=1S/C8H17NO4/c1-8(2,3)13-7(12)6(11)5(10)4-9/h5-6,10-11H,4,9H2,1-3H3/t5?,6-/m1/s1. The van der Waals surface area contributed by atoms with E-state index in [4.69, 9.17) is 20.7 Å². The summed E-state index contributed by atoms with van der Waals surface area (Å²) in [5, 5.41) is 18.2. The molecule has 1 unspecified atom stereocenters. The van der Waals surface area contributed by atoms with Crippen molar-refractivity contribution in [3.63, 3.8) is 0 Å². The molecule has 0 aromatic carbocycles. The first-order chi connectivity index (χ1) is 5.78. The van der Waals surface area contributed by atoms with E-state index in [1.165, 1.54) is 0 Å². The van der Waals surface area contributed by atoms with Crippen LogP contribution in [-0.4, -0.2) is 40.5 Å². The first-order valence-corrected chi connectivity index (χ1v) is 4.07. The Morgan fingerprint density at radius 3 is 2.23 bits per heavy atom. The third-order valence-corrected chi connectivity index (χ3v) is 1.25. The number of rotatable bonds is 3. The lowest BCUT2D eigenvalue weighted by molar-refractivity contribution is -0.170. The van der Waals surface area contributed by atoms with E-state index >= 15 is 0 Å². The van der Waals surface area contributed by atoms with Gasteiger partial charge in [0.25, 0.3) is 0 Å². The fourth-order valence-corrected chi connectivity index (χ4v) is 0.648. The van der Waals surface area contributed by atoms with Crippen LogP contribution in [-0.2, 0) is 9.53 Å². The van der Waals surface area contributed by atoms with Gasteiger partial charge in [0.1, 0.15) is 11.7 Å². The lowest BCUT2D eigenvalue weighted by atomic mass is 10.1. The Morgan fingerprint density at radius 2 is 1.92 bits per heavy atom. The average molecular weight is 191 g/mol. The molecule has 0 aliphatic rings. The highest BCUT2D eigenvalue weighted by molar-refractivity contribution is 5.75. The minimum atomic E-state index is -1.57. The maximum absolute atomic E-state index is 11.1. The maximum atomic E-state index is 11.1. The molecule has 0 amide bonds. The van der Waals surface area contributed by atoms with Crippen LogP contribution in [0, 0.1) is 0 Å². The molecule has 0 aliphatic carbocycles. The van der Waals surface area contributed by atoms with Gasteiger partial charge in [0, 0.05) is 6.54 Å². The molecule has 0 radical (unpaired) electrons. The Kier molecular flexibility index (Phi) is 4.32. The van der Waals surface area contributed by atoms with Crippen LogP contribution in [0.2, 0.25) is 0 Å². The number of nitrogens with two attached hydrogens (primary N) is 1. The molecule has 5 heteroatoms. The molecule has 4 N–H and O–H groups in total. The topological polar surface area (TPSA) is 92.8 Å². The lowest BCUT2D eigenvalue weighted by Gasteiger charge is -2.23. The molecule has 0 fully saturated rings. The van der Waals surface area contributed by atoms with Gasteiger partial charge in [0.05, 0.1) is 0 Å². The van der Waals surface area contributed by atoms with Crippen LogP contribution < -0.4 is 5.73 Å². The number of hydrogen-bond donors (Lipinski definition) is 3. The average Bonchev–Trinajstić information content (AvgIpc) is 1.98. The minimum absolute atomic E-state index is 0.180. The second-order valence-electron chi connectivity index (χ2n) is 3.78. The molecule has 0 heterocycles. The summed E-state index contributed by atoms with van der Waals surface area (Å²) in [7, 11) is 0. The van der Waals surface area contributed by atoms with E-state index in [-0.39, 0.29) is 6.54 Å². The van der Waals surface area contributed by atoms with Crippen LogP contribution in [0.3, 0.4) is 0 Å². The molecule has 0 bridgehead atoms. The number of carbonyl (C=O) groups excluding carboxylic acids is 1. The van der Waals surface area contributed by atoms with Crippen molar-refractivity contribution >= 4 is 5.97 Å². The van der Waals surface area contributed by atoms with Gasteiger partial charge in [-0.15, -0.1) is 0 Å². The third kappa shape index (κ3) is 4.82. The highest BCUT2D eigenvalue weighted by atomic mass is 16.6. The van der Waals surface area contributed by atoms with Gasteiger partial charge in [0.15, 0.2) is 6.10 Å². The molecule has 2 atom stereocenters. The molecule has 5 nitrogen and oxygen atoms in total. The number of esters is 1. The first-order valence-electron chi connectivity index (χ1n) is 4.07. The maximum Gasteiger partial charge on any atom is 0.338 e. The Hall–Kier alpha value is -0.650. The summed E-state index contributed by atoms with van der Waals surface area (Å²) in [6, 6.07) is 0. The van der Waals surface area contributed by atoms with Crippen LogP contribution >= 0.6 is 0 Å². The summed E-state index contributed by atoms with van der Waals surface area (Å²) in [4.78, 5) is 11.1. The lowest BCUT2D eigenvalue weighted by Crippen LogP contribution is -2.42. The van der Waals surface area contributed by atoms with Crippen molar-refractivity contribution < 1.29 is 19.7 Å².